The highest BCUT2D eigenvalue weighted by molar-refractivity contribution is 5.57. The summed E-state index contributed by atoms with van der Waals surface area (Å²) in [7, 11) is 1.49. The molecule has 3 heteroatoms. The van der Waals surface area contributed by atoms with Crippen molar-refractivity contribution in [3.05, 3.63) is 6.92 Å². The van der Waals surface area contributed by atoms with E-state index in [2.05, 4.69) is 16.9 Å². The smallest absolute Gasteiger partial charge is 0.106 e. The Bertz CT molecular complexity index is 63.4. The minimum absolute atomic E-state index is 0.468. The van der Waals surface area contributed by atoms with Crippen LogP contribution in [0, 0.1) is 6.92 Å². The van der Waals surface area contributed by atoms with E-state index in [9.17, 15) is 0 Å². The number of hydrogen-bond acceptors (Lipinski definition) is 3. The van der Waals surface area contributed by atoms with Crippen molar-refractivity contribution < 1.29 is 9.57 Å². The Morgan fingerprint density at radius 2 is 2.50 bits per heavy atom. The average molecular weight is 116 g/mol. The van der Waals surface area contributed by atoms with Crippen LogP contribution in [-0.4, -0.2) is 26.5 Å². The summed E-state index contributed by atoms with van der Waals surface area (Å²) < 4.78 is 4.80. The molecule has 8 heavy (non-hydrogen) atoms. The van der Waals surface area contributed by atoms with E-state index in [-0.39, 0.29) is 0 Å². The topological polar surface area (TPSA) is 30.8 Å². The van der Waals surface area contributed by atoms with Crippen molar-refractivity contribution in [2.45, 2.75) is 0 Å². The molecule has 0 saturated carbocycles. The van der Waals surface area contributed by atoms with Gasteiger partial charge in [-0.2, -0.15) is 0 Å². The largest absolute Gasteiger partial charge is 0.399 e. The van der Waals surface area contributed by atoms with Gasteiger partial charge in [-0.15, -0.1) is 0 Å². The predicted molar refractivity (Wildman–Crippen MR) is 31.7 cm³/mol. The summed E-state index contributed by atoms with van der Waals surface area (Å²) in [6, 6.07) is 0. The summed E-state index contributed by atoms with van der Waals surface area (Å²) in [5, 5.41) is 3.43. The van der Waals surface area contributed by atoms with Crippen molar-refractivity contribution in [2.75, 3.05) is 20.3 Å². The maximum Gasteiger partial charge on any atom is 0.106 e. The molecule has 1 radical (unpaired) electrons. The first kappa shape index (κ1) is 7.43. The zero-order valence-corrected chi connectivity index (χ0v) is 4.96. The number of oxime groups is 1. The summed E-state index contributed by atoms with van der Waals surface area (Å²) in [4.78, 5) is 4.36. The summed E-state index contributed by atoms with van der Waals surface area (Å²) >= 11 is 0. The maximum atomic E-state index is 4.80. The van der Waals surface area contributed by atoms with Crippen molar-refractivity contribution in [3.63, 3.8) is 0 Å². The molecular weight excluding hydrogens is 106 g/mol. The molecule has 0 bridgehead atoms. The van der Waals surface area contributed by atoms with Gasteiger partial charge in [0.25, 0.3) is 0 Å². The van der Waals surface area contributed by atoms with Gasteiger partial charge >= 0.3 is 0 Å². The Hall–Kier alpha value is -0.570. The molecule has 3 nitrogen and oxygen atoms in total. The Labute approximate surface area is 49.3 Å². The number of hydrogen-bond donors (Lipinski definition) is 0. The second kappa shape index (κ2) is 6.43. The van der Waals surface area contributed by atoms with E-state index < -0.39 is 0 Å². The lowest BCUT2D eigenvalue weighted by Gasteiger charge is -1.90. The van der Waals surface area contributed by atoms with E-state index in [4.69, 9.17) is 4.74 Å². The van der Waals surface area contributed by atoms with E-state index in [1.165, 1.54) is 13.3 Å². The highest BCUT2D eigenvalue weighted by atomic mass is 16.6. The monoisotopic (exact) mass is 116 g/mol. The molecule has 0 atom stereocenters. The van der Waals surface area contributed by atoms with Crippen LogP contribution in [0.2, 0.25) is 0 Å². The van der Waals surface area contributed by atoms with Gasteiger partial charge in [-0.25, -0.2) is 0 Å². The van der Waals surface area contributed by atoms with Crippen LogP contribution in [0.1, 0.15) is 0 Å². The van der Waals surface area contributed by atoms with Crippen LogP contribution in [-0.2, 0) is 9.57 Å². The molecule has 0 rings (SSSR count). The fourth-order valence-corrected chi connectivity index (χ4v) is 0.241. The normalized spacial score (nSPS) is 10.2. The molecule has 0 N–H and O–H groups in total. The van der Waals surface area contributed by atoms with Gasteiger partial charge in [-0.05, 0) is 6.92 Å². The van der Waals surface area contributed by atoms with Crippen LogP contribution in [0.5, 0.6) is 0 Å². The Balaban J connectivity index is 2.80. The predicted octanol–water partition coefficient (Wildman–Crippen LogP) is 0.469. The standard InChI is InChI=1S/C5H10NO2/c1-3-8-5-4-6-7-2/h4H,1,3,5H2,2H3. The molecule has 0 fully saturated rings. The molecule has 0 heterocycles. The van der Waals surface area contributed by atoms with Gasteiger partial charge in [0, 0.05) is 6.61 Å². The molecule has 0 aromatic carbocycles. The molecule has 0 aliphatic heterocycles. The van der Waals surface area contributed by atoms with Gasteiger partial charge in [0.1, 0.15) is 7.11 Å². The van der Waals surface area contributed by atoms with Crippen LogP contribution in [0.15, 0.2) is 5.16 Å². The molecule has 0 aliphatic carbocycles. The van der Waals surface area contributed by atoms with Crippen molar-refractivity contribution in [1.82, 2.24) is 0 Å². The van der Waals surface area contributed by atoms with Gasteiger partial charge in [-0.3, -0.25) is 0 Å². The van der Waals surface area contributed by atoms with Crippen molar-refractivity contribution in [3.8, 4) is 0 Å². The molecule has 0 amide bonds. The van der Waals surface area contributed by atoms with Crippen molar-refractivity contribution in [1.29, 1.82) is 0 Å². The summed E-state index contributed by atoms with van der Waals surface area (Å²) in [6.45, 7) is 4.40. The SMILES string of the molecule is [CH2]COCC=NOC. The minimum Gasteiger partial charge on any atom is -0.399 e. The first-order valence-corrected chi connectivity index (χ1v) is 2.33. The maximum absolute atomic E-state index is 4.80. The van der Waals surface area contributed by atoms with E-state index >= 15 is 0 Å². The molecule has 47 valence electrons. The Morgan fingerprint density at radius 1 is 1.75 bits per heavy atom. The summed E-state index contributed by atoms with van der Waals surface area (Å²) in [5.41, 5.74) is 0. The van der Waals surface area contributed by atoms with E-state index in [1.54, 1.807) is 0 Å². The molecule has 0 unspecified atom stereocenters. The summed E-state index contributed by atoms with van der Waals surface area (Å²) in [5.74, 6) is 0. The van der Waals surface area contributed by atoms with E-state index in [1.807, 2.05) is 0 Å². The van der Waals surface area contributed by atoms with Gasteiger partial charge in [0.2, 0.25) is 0 Å². The zero-order chi connectivity index (χ0) is 6.24. The number of ether oxygens (including phenoxy) is 1. The third-order valence-electron chi connectivity index (χ3n) is 0.517. The highest BCUT2D eigenvalue weighted by Gasteiger charge is 1.73. The molecule has 0 saturated heterocycles. The van der Waals surface area contributed by atoms with Crippen LogP contribution in [0.4, 0.5) is 0 Å². The number of nitrogens with zero attached hydrogens (tertiary/aromatic N) is 1. The van der Waals surface area contributed by atoms with Crippen LogP contribution in [0.3, 0.4) is 0 Å². The molecule has 0 spiro atoms. The van der Waals surface area contributed by atoms with Gasteiger partial charge in [0.05, 0.1) is 12.8 Å². The Morgan fingerprint density at radius 3 is 3.00 bits per heavy atom. The third kappa shape index (κ3) is 5.43. The van der Waals surface area contributed by atoms with Crippen molar-refractivity contribution in [2.24, 2.45) is 5.16 Å². The van der Waals surface area contributed by atoms with Crippen molar-refractivity contribution >= 4 is 6.21 Å². The number of rotatable bonds is 4. The van der Waals surface area contributed by atoms with E-state index in [0.29, 0.717) is 13.2 Å². The average Bonchev–Trinajstić information content (AvgIpc) is 1.81. The van der Waals surface area contributed by atoms with Gasteiger partial charge in [0.15, 0.2) is 0 Å². The fourth-order valence-electron chi connectivity index (χ4n) is 0.241. The molecule has 0 aliphatic rings. The first-order chi connectivity index (χ1) is 3.91. The third-order valence-corrected chi connectivity index (χ3v) is 0.517. The quantitative estimate of drug-likeness (QED) is 0.303. The minimum atomic E-state index is 0.468. The lowest BCUT2D eigenvalue weighted by atomic mass is 10.8. The zero-order valence-electron chi connectivity index (χ0n) is 4.96. The summed E-state index contributed by atoms with van der Waals surface area (Å²) in [6.07, 6.45) is 1.53. The molecular formula is C5H10NO2. The highest BCUT2D eigenvalue weighted by Crippen LogP contribution is 1.68. The molecule has 0 aromatic heterocycles. The van der Waals surface area contributed by atoms with E-state index in [0.717, 1.165) is 0 Å². The van der Waals surface area contributed by atoms with Gasteiger partial charge < -0.3 is 9.57 Å². The second-order valence-electron chi connectivity index (χ2n) is 1.05. The van der Waals surface area contributed by atoms with Crippen LogP contribution < -0.4 is 0 Å². The lowest BCUT2D eigenvalue weighted by molar-refractivity contribution is 0.189. The Kier molecular flexibility index (Phi) is 5.97. The molecule has 0 aromatic rings. The lowest BCUT2D eigenvalue weighted by Crippen LogP contribution is -1.93. The van der Waals surface area contributed by atoms with Crippen LogP contribution >= 0.6 is 0 Å². The fraction of sp³-hybridized carbons (Fsp3) is 0.600. The van der Waals surface area contributed by atoms with Gasteiger partial charge in [-0.1, -0.05) is 5.16 Å². The van der Waals surface area contributed by atoms with Crippen LogP contribution in [0.25, 0.3) is 0 Å². The second-order valence-corrected chi connectivity index (χ2v) is 1.05. The first-order valence-electron chi connectivity index (χ1n) is 2.33.